The molecule has 0 atom stereocenters. The summed E-state index contributed by atoms with van der Waals surface area (Å²) in [4.78, 5) is 7.35. The van der Waals surface area contributed by atoms with Crippen LogP contribution in [-0.4, -0.2) is 4.98 Å². The maximum Gasteiger partial charge on any atom is 0.227 e. The number of fused-ring (bicyclic) bond motifs is 6. The van der Waals surface area contributed by atoms with Crippen LogP contribution in [0.1, 0.15) is 0 Å². The van der Waals surface area contributed by atoms with Crippen molar-refractivity contribution in [2.24, 2.45) is 0 Å². The Bertz CT molecular complexity index is 2940. The third-order valence-corrected chi connectivity index (χ3v) is 9.87. The summed E-state index contributed by atoms with van der Waals surface area (Å²) in [6.45, 7) is 0. The second-order valence-corrected chi connectivity index (χ2v) is 12.7. The van der Waals surface area contributed by atoms with Gasteiger partial charge in [-0.1, -0.05) is 84.9 Å². The van der Waals surface area contributed by atoms with Gasteiger partial charge in [-0.2, -0.15) is 0 Å². The number of hydrogen-bond acceptors (Lipinski definition) is 5. The third-order valence-electron chi connectivity index (χ3n) is 9.87. The van der Waals surface area contributed by atoms with E-state index >= 15 is 0 Å². The molecule has 50 heavy (non-hydrogen) atoms. The highest BCUT2D eigenvalue weighted by Gasteiger charge is 2.22. The van der Waals surface area contributed by atoms with Crippen LogP contribution < -0.4 is 4.90 Å². The molecule has 0 aliphatic rings. The Labute approximate surface area is 285 Å². The van der Waals surface area contributed by atoms with E-state index in [0.29, 0.717) is 5.89 Å². The van der Waals surface area contributed by atoms with Crippen molar-refractivity contribution in [3.8, 4) is 22.6 Å². The zero-order valence-corrected chi connectivity index (χ0v) is 26.6. The smallest absolute Gasteiger partial charge is 0.227 e. The van der Waals surface area contributed by atoms with Crippen molar-refractivity contribution in [2.75, 3.05) is 4.90 Å². The largest absolute Gasteiger partial charge is 0.456 e. The van der Waals surface area contributed by atoms with Crippen LogP contribution in [0.25, 0.3) is 88.3 Å². The Morgan fingerprint density at radius 2 is 0.940 bits per heavy atom. The van der Waals surface area contributed by atoms with Crippen LogP contribution in [0.15, 0.2) is 171 Å². The monoisotopic (exact) mass is 642 g/mol. The van der Waals surface area contributed by atoms with Crippen LogP contribution in [0.5, 0.6) is 0 Å². The lowest BCUT2D eigenvalue weighted by Crippen LogP contribution is -2.09. The number of oxazole rings is 1. The predicted molar refractivity (Wildman–Crippen MR) is 203 cm³/mol. The number of aromatic nitrogens is 1. The zero-order valence-electron chi connectivity index (χ0n) is 26.6. The van der Waals surface area contributed by atoms with E-state index in [0.717, 1.165) is 88.4 Å². The Morgan fingerprint density at radius 3 is 1.72 bits per heavy atom. The second-order valence-electron chi connectivity index (χ2n) is 12.7. The first-order valence-corrected chi connectivity index (χ1v) is 16.7. The molecule has 0 spiro atoms. The molecule has 11 rings (SSSR count). The molecule has 5 heteroatoms. The summed E-state index contributed by atoms with van der Waals surface area (Å²) in [7, 11) is 0. The van der Waals surface area contributed by atoms with Crippen LogP contribution in [0.2, 0.25) is 0 Å². The van der Waals surface area contributed by atoms with Crippen molar-refractivity contribution in [3.05, 3.63) is 158 Å². The molecular formula is C45H26N2O3. The summed E-state index contributed by atoms with van der Waals surface area (Å²) in [5.74, 6) is 0.586. The van der Waals surface area contributed by atoms with Crippen LogP contribution in [0.3, 0.4) is 0 Å². The Morgan fingerprint density at radius 1 is 0.380 bits per heavy atom. The lowest BCUT2D eigenvalue weighted by Gasteiger charge is -2.26. The molecule has 0 N–H and O–H groups in total. The van der Waals surface area contributed by atoms with Gasteiger partial charge in [0.05, 0.1) is 0 Å². The van der Waals surface area contributed by atoms with Gasteiger partial charge in [0.25, 0.3) is 0 Å². The minimum Gasteiger partial charge on any atom is -0.456 e. The van der Waals surface area contributed by atoms with Crippen LogP contribution >= 0.6 is 0 Å². The van der Waals surface area contributed by atoms with Gasteiger partial charge in [0.1, 0.15) is 27.8 Å². The average molecular weight is 643 g/mol. The molecule has 234 valence electrons. The molecule has 11 aromatic rings. The highest BCUT2D eigenvalue weighted by molar-refractivity contribution is 6.31. The molecule has 0 saturated carbocycles. The molecule has 0 unspecified atom stereocenters. The third kappa shape index (κ3) is 3.98. The highest BCUT2D eigenvalue weighted by Crippen LogP contribution is 2.44. The highest BCUT2D eigenvalue weighted by atomic mass is 16.4. The van der Waals surface area contributed by atoms with Gasteiger partial charge in [-0.05, 0) is 83.9 Å². The molecule has 5 nitrogen and oxygen atoms in total. The zero-order chi connectivity index (χ0) is 32.8. The molecule has 0 bridgehead atoms. The lowest BCUT2D eigenvalue weighted by molar-refractivity contribution is 0.623. The van der Waals surface area contributed by atoms with Gasteiger partial charge in [0, 0.05) is 54.9 Å². The minimum atomic E-state index is 0.586. The van der Waals surface area contributed by atoms with Crippen molar-refractivity contribution >= 4 is 82.8 Å². The molecule has 3 aromatic heterocycles. The number of benzene rings is 8. The average Bonchev–Trinajstić information content (AvgIpc) is 3.90. The number of rotatable bonds is 5. The van der Waals surface area contributed by atoms with Gasteiger partial charge < -0.3 is 18.2 Å². The Hall–Kier alpha value is -6.85. The van der Waals surface area contributed by atoms with E-state index in [1.165, 1.54) is 11.1 Å². The molecule has 0 aliphatic carbocycles. The fourth-order valence-corrected chi connectivity index (χ4v) is 7.55. The topological polar surface area (TPSA) is 55.6 Å². The molecule has 8 aromatic carbocycles. The van der Waals surface area contributed by atoms with Crippen LogP contribution in [0, 0.1) is 0 Å². The van der Waals surface area contributed by atoms with Crippen molar-refractivity contribution in [2.45, 2.75) is 0 Å². The van der Waals surface area contributed by atoms with Crippen molar-refractivity contribution < 1.29 is 13.3 Å². The van der Waals surface area contributed by atoms with Crippen LogP contribution in [-0.2, 0) is 0 Å². The molecule has 0 radical (unpaired) electrons. The number of nitrogens with zero attached hydrogens (tertiary/aromatic N) is 2. The first kappa shape index (κ1) is 27.1. The van der Waals surface area contributed by atoms with Crippen molar-refractivity contribution in [1.29, 1.82) is 0 Å². The fraction of sp³-hybridized carbons (Fsp3) is 0. The first-order chi connectivity index (χ1) is 24.8. The lowest BCUT2D eigenvalue weighted by atomic mass is 10.0. The van der Waals surface area contributed by atoms with Crippen molar-refractivity contribution in [1.82, 2.24) is 4.98 Å². The van der Waals surface area contributed by atoms with E-state index in [1.54, 1.807) is 0 Å². The van der Waals surface area contributed by atoms with Gasteiger partial charge in [0.2, 0.25) is 5.89 Å². The summed E-state index contributed by atoms with van der Waals surface area (Å²) in [6, 6.07) is 54.5. The van der Waals surface area contributed by atoms with Gasteiger partial charge in [-0.15, -0.1) is 0 Å². The quantitative estimate of drug-likeness (QED) is 0.175. The summed E-state index contributed by atoms with van der Waals surface area (Å²) in [5.41, 5.74) is 11.4. The van der Waals surface area contributed by atoms with Gasteiger partial charge in [-0.3, -0.25) is 0 Å². The van der Waals surface area contributed by atoms with E-state index in [2.05, 4.69) is 120 Å². The molecular weight excluding hydrogens is 617 g/mol. The fourth-order valence-electron chi connectivity index (χ4n) is 7.55. The molecule has 3 heterocycles. The summed E-state index contributed by atoms with van der Waals surface area (Å²) >= 11 is 0. The summed E-state index contributed by atoms with van der Waals surface area (Å²) < 4.78 is 18.9. The standard InChI is InChI=1S/C45H26N2O3/c1-2-8-27(9-3-1)28-16-20-30(21-17-28)47(32-24-25-38-36(26-32)33-10-4-5-13-37(33)48-38)31-22-18-29(19-23-31)45-46-43-34-11-6-14-39-41(34)42-35(44(43)50-45)12-7-15-40(42)49-39/h1-26H. The summed E-state index contributed by atoms with van der Waals surface area (Å²) in [5, 5.41) is 6.40. The maximum absolute atomic E-state index is 6.57. The predicted octanol–water partition coefficient (Wildman–Crippen LogP) is 13.0. The van der Waals surface area contributed by atoms with Gasteiger partial charge in [0.15, 0.2) is 5.58 Å². The number of anilines is 3. The number of furan rings is 2. The van der Waals surface area contributed by atoms with E-state index in [4.69, 9.17) is 18.2 Å². The Balaban J connectivity index is 1.04. The first-order valence-electron chi connectivity index (χ1n) is 16.7. The minimum absolute atomic E-state index is 0.586. The van der Waals surface area contributed by atoms with E-state index < -0.39 is 0 Å². The van der Waals surface area contributed by atoms with Gasteiger partial charge >= 0.3 is 0 Å². The van der Waals surface area contributed by atoms with E-state index in [-0.39, 0.29) is 0 Å². The molecule has 0 aliphatic heterocycles. The Kier molecular flexibility index (Phi) is 5.60. The van der Waals surface area contributed by atoms with E-state index in [1.807, 2.05) is 42.5 Å². The number of para-hydroxylation sites is 1. The molecule has 0 amide bonds. The second kappa shape index (κ2) is 10.3. The molecule has 0 saturated heterocycles. The molecule has 0 fully saturated rings. The van der Waals surface area contributed by atoms with Crippen LogP contribution in [0.4, 0.5) is 17.1 Å². The SMILES string of the molecule is c1ccc(-c2ccc(N(c3ccc(-c4nc5c6cccc7oc8cccc(c5o4)c8c76)cc3)c3ccc4oc5ccccc5c4c3)cc2)cc1. The normalized spacial score (nSPS) is 12.0. The van der Waals surface area contributed by atoms with Crippen molar-refractivity contribution in [3.63, 3.8) is 0 Å². The maximum atomic E-state index is 6.57. The van der Waals surface area contributed by atoms with E-state index in [9.17, 15) is 0 Å². The summed E-state index contributed by atoms with van der Waals surface area (Å²) in [6.07, 6.45) is 0. The van der Waals surface area contributed by atoms with Gasteiger partial charge in [-0.25, -0.2) is 4.98 Å². The number of hydrogen-bond donors (Lipinski definition) is 0.